The van der Waals surface area contributed by atoms with Crippen molar-refractivity contribution in [1.82, 2.24) is 24.1 Å². The predicted octanol–water partition coefficient (Wildman–Crippen LogP) is 16.4. The minimum atomic E-state index is 0.516. The summed E-state index contributed by atoms with van der Waals surface area (Å²) in [5.74, 6) is 1.64. The molecule has 11 rings (SSSR count). The number of allylic oxidation sites excluding steroid dienone is 12. The minimum Gasteiger partial charge on any atom is -0.310 e. The van der Waals surface area contributed by atoms with E-state index in [-0.39, 0.29) is 0 Å². The summed E-state index contributed by atoms with van der Waals surface area (Å²) >= 11 is 0. The van der Waals surface area contributed by atoms with Crippen molar-refractivity contribution in [2.75, 3.05) is 0 Å². The Balaban J connectivity index is 1.23. The molecule has 324 valence electrons. The molecule has 7 aromatic carbocycles. The van der Waals surface area contributed by atoms with Gasteiger partial charge >= 0.3 is 0 Å². The van der Waals surface area contributed by atoms with Crippen LogP contribution in [0.4, 0.5) is 0 Å². The second kappa shape index (κ2) is 17.8. The molecule has 1 aliphatic carbocycles. The summed E-state index contributed by atoms with van der Waals surface area (Å²) in [5.41, 5.74) is 15.4. The van der Waals surface area contributed by atoms with Crippen LogP contribution in [0.15, 0.2) is 239 Å². The van der Waals surface area contributed by atoms with Gasteiger partial charge in [-0.1, -0.05) is 190 Å². The largest absolute Gasteiger partial charge is 0.310 e. The summed E-state index contributed by atoms with van der Waals surface area (Å²) < 4.78 is 4.75. The van der Waals surface area contributed by atoms with E-state index in [1.165, 1.54) is 0 Å². The fourth-order valence-corrected chi connectivity index (χ4v) is 9.70. The highest BCUT2D eigenvalue weighted by Gasteiger charge is 2.25. The lowest BCUT2D eigenvalue weighted by Gasteiger charge is -2.22. The Hall–Kier alpha value is -8.93. The number of benzene rings is 7. The van der Waals surface area contributed by atoms with Crippen molar-refractivity contribution >= 4 is 60.5 Å². The molecule has 5 heteroatoms. The van der Waals surface area contributed by atoms with E-state index in [1.807, 2.05) is 24.3 Å². The van der Waals surface area contributed by atoms with Crippen LogP contribution in [0.1, 0.15) is 24.2 Å². The van der Waals surface area contributed by atoms with Gasteiger partial charge in [-0.2, -0.15) is 0 Å². The number of para-hydroxylation sites is 2. The third kappa shape index (κ3) is 7.37. The van der Waals surface area contributed by atoms with Gasteiger partial charge in [0.05, 0.1) is 27.8 Å². The molecule has 0 unspecified atom stereocenters. The Labute approximate surface area is 396 Å². The van der Waals surface area contributed by atoms with Crippen LogP contribution in [-0.2, 0) is 0 Å². The highest BCUT2D eigenvalue weighted by molar-refractivity contribution is 6.20. The lowest BCUT2D eigenvalue weighted by atomic mass is 9.90. The van der Waals surface area contributed by atoms with Gasteiger partial charge in [0, 0.05) is 55.1 Å². The first-order chi connectivity index (χ1) is 33.5. The predicted molar refractivity (Wildman–Crippen MR) is 288 cm³/mol. The van der Waals surface area contributed by atoms with Gasteiger partial charge < -0.3 is 9.13 Å². The Bertz CT molecular complexity index is 3800. The van der Waals surface area contributed by atoms with E-state index in [0.717, 1.165) is 118 Å². The van der Waals surface area contributed by atoms with Crippen molar-refractivity contribution in [1.29, 1.82) is 0 Å². The van der Waals surface area contributed by atoms with Crippen molar-refractivity contribution in [2.24, 2.45) is 0 Å². The molecule has 0 aliphatic heterocycles. The van der Waals surface area contributed by atoms with E-state index in [4.69, 9.17) is 15.0 Å². The lowest BCUT2D eigenvalue weighted by Crippen LogP contribution is -2.06. The first-order valence-electron chi connectivity index (χ1n) is 23.0. The Morgan fingerprint density at radius 1 is 0.515 bits per heavy atom. The van der Waals surface area contributed by atoms with E-state index in [1.54, 1.807) is 18.2 Å². The standard InChI is InChI=1S/C63H47N5/c1-5-8-24-42(4)67-56-35-20-18-33-50(56)54-41-59-55(40-58(54)67)51-34-19-21-36-57(51)68(59)60-52(45-27-14-10-15-28-45)38-49(39-53(60)46-29-16-11-17-30-46)63-65-61(43(7-3)23-6-2)64-62(66-63)48-32-22-31-47(37-48)44-25-12-9-13-26-44/h5-10,12-16,18-41H,1-4,11,17H2/b24-8-,43-23+. The second-order valence-corrected chi connectivity index (χ2v) is 16.9. The summed E-state index contributed by atoms with van der Waals surface area (Å²) in [6.45, 7) is 16.6. The molecule has 1 aliphatic rings. The van der Waals surface area contributed by atoms with Crippen molar-refractivity contribution in [3.8, 4) is 50.7 Å². The molecule has 10 aromatic rings. The van der Waals surface area contributed by atoms with Crippen LogP contribution in [0.2, 0.25) is 0 Å². The van der Waals surface area contributed by atoms with E-state index in [2.05, 4.69) is 205 Å². The monoisotopic (exact) mass is 873 g/mol. The summed E-state index contributed by atoms with van der Waals surface area (Å²) in [4.78, 5) is 15.7. The Morgan fingerprint density at radius 2 is 1.15 bits per heavy atom. The summed E-state index contributed by atoms with van der Waals surface area (Å²) in [7, 11) is 0. The van der Waals surface area contributed by atoms with Crippen molar-refractivity contribution < 1.29 is 0 Å². The van der Waals surface area contributed by atoms with Crippen molar-refractivity contribution in [3.05, 3.63) is 250 Å². The van der Waals surface area contributed by atoms with Gasteiger partial charge in [-0.25, -0.2) is 15.0 Å². The molecule has 3 aromatic heterocycles. The van der Waals surface area contributed by atoms with Crippen molar-refractivity contribution in [2.45, 2.75) is 12.8 Å². The summed E-state index contributed by atoms with van der Waals surface area (Å²) in [5, 5.41) is 4.61. The van der Waals surface area contributed by atoms with Crippen LogP contribution in [-0.4, -0.2) is 24.1 Å². The first kappa shape index (κ1) is 41.8. The smallest absolute Gasteiger partial charge is 0.164 e. The fraction of sp³-hybridized carbons (Fsp3) is 0.0317. The van der Waals surface area contributed by atoms with Gasteiger partial charge in [0.2, 0.25) is 0 Å². The summed E-state index contributed by atoms with van der Waals surface area (Å²) in [6.07, 6.45) is 20.0. The third-order valence-corrected chi connectivity index (χ3v) is 12.8. The first-order valence-corrected chi connectivity index (χ1v) is 23.0. The molecule has 5 nitrogen and oxygen atoms in total. The molecular weight excluding hydrogens is 827 g/mol. The summed E-state index contributed by atoms with van der Waals surface area (Å²) in [6, 6.07) is 56.1. The number of rotatable bonds is 12. The molecule has 0 atom stereocenters. The van der Waals surface area contributed by atoms with E-state index >= 15 is 0 Å². The molecule has 0 spiro atoms. The normalized spacial score (nSPS) is 12.9. The molecule has 0 amide bonds. The average molecular weight is 874 g/mol. The van der Waals surface area contributed by atoms with Gasteiger partial charge in [0.1, 0.15) is 0 Å². The molecule has 0 fully saturated rings. The van der Waals surface area contributed by atoms with Gasteiger partial charge in [-0.3, -0.25) is 0 Å². The number of aromatic nitrogens is 5. The molecule has 0 N–H and O–H groups in total. The van der Waals surface area contributed by atoms with Crippen LogP contribution < -0.4 is 0 Å². The van der Waals surface area contributed by atoms with Gasteiger partial charge in [0.15, 0.2) is 17.5 Å². The van der Waals surface area contributed by atoms with Crippen LogP contribution in [0.5, 0.6) is 0 Å². The zero-order chi connectivity index (χ0) is 46.1. The highest BCUT2D eigenvalue weighted by atomic mass is 15.0. The van der Waals surface area contributed by atoms with Gasteiger partial charge in [-0.05, 0) is 83.6 Å². The lowest BCUT2D eigenvalue weighted by molar-refractivity contribution is 1.03. The van der Waals surface area contributed by atoms with Crippen LogP contribution >= 0.6 is 0 Å². The van der Waals surface area contributed by atoms with E-state index < -0.39 is 0 Å². The number of hydrogen-bond acceptors (Lipinski definition) is 3. The van der Waals surface area contributed by atoms with Crippen molar-refractivity contribution in [3.63, 3.8) is 0 Å². The molecule has 0 radical (unpaired) electrons. The fourth-order valence-electron chi connectivity index (χ4n) is 9.70. The molecule has 68 heavy (non-hydrogen) atoms. The van der Waals surface area contributed by atoms with Crippen LogP contribution in [0.25, 0.3) is 111 Å². The van der Waals surface area contributed by atoms with E-state index in [0.29, 0.717) is 17.5 Å². The molecule has 0 saturated heterocycles. The van der Waals surface area contributed by atoms with Crippen LogP contribution in [0, 0.1) is 0 Å². The van der Waals surface area contributed by atoms with Gasteiger partial charge in [-0.15, -0.1) is 0 Å². The molecular formula is C63H47N5. The molecule has 3 heterocycles. The number of fused-ring (bicyclic) bond motifs is 6. The maximum absolute atomic E-state index is 5.32. The van der Waals surface area contributed by atoms with Crippen LogP contribution in [0.3, 0.4) is 0 Å². The Kier molecular flexibility index (Phi) is 10.9. The van der Waals surface area contributed by atoms with Gasteiger partial charge in [0.25, 0.3) is 0 Å². The molecule has 0 bridgehead atoms. The quantitative estimate of drug-likeness (QED) is 0.115. The number of nitrogens with zero attached hydrogens (tertiary/aromatic N) is 5. The highest BCUT2D eigenvalue weighted by Crippen LogP contribution is 2.45. The zero-order valence-electron chi connectivity index (χ0n) is 37.7. The average Bonchev–Trinajstić information content (AvgIpc) is 3.90. The molecule has 0 saturated carbocycles. The SMILES string of the molecule is C=C/C=C\C(=C)n1c2ccccc2c2cc3c(cc21)c1ccccc1n3-c1c(C2=CCCC=C2)cc(-c2nc(/C(C=C)=C/C=C)nc(-c3cccc(-c4ccccc4)c3)n2)cc1-c1ccccc1. The number of hydrogen-bond donors (Lipinski definition) is 0. The Morgan fingerprint density at radius 3 is 1.87 bits per heavy atom. The van der Waals surface area contributed by atoms with E-state index in [9.17, 15) is 0 Å². The maximum atomic E-state index is 5.32. The second-order valence-electron chi connectivity index (χ2n) is 16.9. The minimum absolute atomic E-state index is 0.516. The maximum Gasteiger partial charge on any atom is 0.164 e. The third-order valence-electron chi connectivity index (χ3n) is 12.8. The topological polar surface area (TPSA) is 48.5 Å². The zero-order valence-corrected chi connectivity index (χ0v) is 37.7.